The molecule has 1 heterocycles. The first-order valence-corrected chi connectivity index (χ1v) is 7.70. The number of carbonyl (C=O) groups excluding carboxylic acids is 2. The Hall–Kier alpha value is -1.10. The zero-order valence-corrected chi connectivity index (χ0v) is 13.3. The summed E-state index contributed by atoms with van der Waals surface area (Å²) in [6.45, 7) is 9.56. The Bertz CT molecular complexity index is 344. The molecule has 1 rings (SSSR count). The lowest BCUT2D eigenvalue weighted by atomic mass is 9.97. The first kappa shape index (κ1) is 17.0. The van der Waals surface area contributed by atoms with Gasteiger partial charge in [0.25, 0.3) is 0 Å². The zero-order chi connectivity index (χ0) is 15.3. The van der Waals surface area contributed by atoms with E-state index in [0.29, 0.717) is 13.1 Å². The topological polar surface area (TPSA) is 66.6 Å². The Morgan fingerprint density at radius 3 is 2.50 bits per heavy atom. The van der Waals surface area contributed by atoms with E-state index in [1.807, 2.05) is 25.7 Å². The molecule has 0 radical (unpaired) electrons. The predicted octanol–water partition coefficient (Wildman–Crippen LogP) is 1.22. The van der Waals surface area contributed by atoms with Gasteiger partial charge in [-0.15, -0.1) is 0 Å². The first-order valence-electron chi connectivity index (χ1n) is 7.70. The maximum Gasteiger partial charge on any atom is 0.240 e. The smallest absolute Gasteiger partial charge is 0.240 e. The Morgan fingerprint density at radius 1 is 1.35 bits per heavy atom. The van der Waals surface area contributed by atoms with Crippen LogP contribution in [-0.2, 0) is 9.59 Å². The van der Waals surface area contributed by atoms with E-state index in [1.165, 1.54) is 0 Å². The molecule has 0 aromatic carbocycles. The number of amides is 2. The minimum Gasteiger partial charge on any atom is -0.341 e. The van der Waals surface area contributed by atoms with Gasteiger partial charge in [0.15, 0.2) is 0 Å². The molecule has 1 saturated heterocycles. The van der Waals surface area contributed by atoms with Gasteiger partial charge in [0.2, 0.25) is 11.8 Å². The number of likely N-dealkylation sites (tertiary alicyclic amines) is 1. The zero-order valence-electron chi connectivity index (χ0n) is 13.3. The molecule has 0 aromatic rings. The highest BCUT2D eigenvalue weighted by molar-refractivity contribution is 5.82. The standard InChI is InChI=1S/C15H29N3O2/c1-5-17(12(4)19)10-13-8-6-7-9-18(13)15(20)14(16)11(2)3/h11,13-14H,5-10,16H2,1-4H3. The van der Waals surface area contributed by atoms with E-state index in [2.05, 4.69) is 0 Å². The van der Waals surface area contributed by atoms with Crippen LogP contribution >= 0.6 is 0 Å². The fourth-order valence-electron chi connectivity index (χ4n) is 2.69. The van der Waals surface area contributed by atoms with Crippen LogP contribution in [0.1, 0.15) is 47.0 Å². The van der Waals surface area contributed by atoms with Gasteiger partial charge in [0.1, 0.15) is 0 Å². The summed E-state index contributed by atoms with van der Waals surface area (Å²) in [6.07, 6.45) is 3.10. The highest BCUT2D eigenvalue weighted by Crippen LogP contribution is 2.20. The molecule has 0 bridgehead atoms. The second-order valence-electron chi connectivity index (χ2n) is 6.01. The number of nitrogens with two attached hydrogens (primary N) is 1. The van der Waals surface area contributed by atoms with Crippen molar-refractivity contribution >= 4 is 11.8 Å². The Morgan fingerprint density at radius 2 is 2.00 bits per heavy atom. The Balaban J connectivity index is 2.76. The number of rotatable bonds is 5. The molecule has 5 heteroatoms. The third kappa shape index (κ3) is 4.20. The first-order chi connectivity index (χ1) is 9.38. The molecular formula is C15H29N3O2. The molecule has 116 valence electrons. The molecule has 5 nitrogen and oxygen atoms in total. The summed E-state index contributed by atoms with van der Waals surface area (Å²) in [5, 5.41) is 0. The minimum atomic E-state index is -0.442. The lowest BCUT2D eigenvalue weighted by Gasteiger charge is -2.40. The monoisotopic (exact) mass is 283 g/mol. The molecule has 2 N–H and O–H groups in total. The molecule has 0 spiro atoms. The normalized spacial score (nSPS) is 20.9. The molecule has 0 aliphatic carbocycles. The summed E-state index contributed by atoms with van der Waals surface area (Å²) in [6, 6.07) is -0.326. The maximum absolute atomic E-state index is 12.5. The van der Waals surface area contributed by atoms with Gasteiger partial charge in [-0.3, -0.25) is 9.59 Å². The number of piperidine rings is 1. The third-order valence-electron chi connectivity index (χ3n) is 4.17. The summed E-state index contributed by atoms with van der Waals surface area (Å²) in [7, 11) is 0. The third-order valence-corrected chi connectivity index (χ3v) is 4.17. The van der Waals surface area contributed by atoms with Crippen LogP contribution in [0.25, 0.3) is 0 Å². The average Bonchev–Trinajstić information content (AvgIpc) is 2.43. The summed E-state index contributed by atoms with van der Waals surface area (Å²) >= 11 is 0. The van der Waals surface area contributed by atoms with Gasteiger partial charge in [-0.2, -0.15) is 0 Å². The van der Waals surface area contributed by atoms with Crippen LogP contribution in [0.15, 0.2) is 0 Å². The molecular weight excluding hydrogens is 254 g/mol. The summed E-state index contributed by atoms with van der Waals surface area (Å²) in [4.78, 5) is 27.8. The molecule has 1 aliphatic rings. The highest BCUT2D eigenvalue weighted by Gasteiger charge is 2.32. The lowest BCUT2D eigenvalue weighted by molar-refractivity contribution is -0.140. The van der Waals surface area contributed by atoms with Gasteiger partial charge in [0.05, 0.1) is 6.04 Å². The van der Waals surface area contributed by atoms with Gasteiger partial charge in [0, 0.05) is 32.6 Å². The van der Waals surface area contributed by atoms with E-state index < -0.39 is 6.04 Å². The lowest BCUT2D eigenvalue weighted by Crippen LogP contribution is -2.55. The van der Waals surface area contributed by atoms with Gasteiger partial charge < -0.3 is 15.5 Å². The average molecular weight is 283 g/mol. The second kappa shape index (κ2) is 7.62. The second-order valence-corrected chi connectivity index (χ2v) is 6.01. The number of hydrogen-bond acceptors (Lipinski definition) is 3. The molecule has 0 saturated carbocycles. The Kier molecular flexibility index (Phi) is 6.46. The maximum atomic E-state index is 12.5. The summed E-state index contributed by atoms with van der Waals surface area (Å²) < 4.78 is 0. The van der Waals surface area contributed by atoms with Crippen LogP contribution in [-0.4, -0.2) is 53.3 Å². The fraction of sp³-hybridized carbons (Fsp3) is 0.867. The SMILES string of the molecule is CCN(CC1CCCCN1C(=O)C(N)C(C)C)C(C)=O. The van der Waals surface area contributed by atoms with Crippen LogP contribution in [0.4, 0.5) is 0 Å². The van der Waals surface area contributed by atoms with E-state index in [-0.39, 0.29) is 23.8 Å². The van der Waals surface area contributed by atoms with Crippen molar-refractivity contribution in [1.82, 2.24) is 9.80 Å². The van der Waals surface area contributed by atoms with E-state index in [9.17, 15) is 9.59 Å². The largest absolute Gasteiger partial charge is 0.341 e. The van der Waals surface area contributed by atoms with Crippen molar-refractivity contribution < 1.29 is 9.59 Å². The van der Waals surface area contributed by atoms with Gasteiger partial charge in [-0.05, 0) is 32.1 Å². The van der Waals surface area contributed by atoms with Crippen molar-refractivity contribution in [3.63, 3.8) is 0 Å². The fourth-order valence-corrected chi connectivity index (χ4v) is 2.69. The molecule has 1 aliphatic heterocycles. The van der Waals surface area contributed by atoms with Crippen LogP contribution in [0.3, 0.4) is 0 Å². The van der Waals surface area contributed by atoms with Crippen molar-refractivity contribution in [3.05, 3.63) is 0 Å². The predicted molar refractivity (Wildman–Crippen MR) is 80.1 cm³/mol. The molecule has 2 unspecified atom stereocenters. The summed E-state index contributed by atoms with van der Waals surface area (Å²) in [5.41, 5.74) is 6.00. The van der Waals surface area contributed by atoms with Crippen LogP contribution < -0.4 is 5.73 Å². The van der Waals surface area contributed by atoms with Crippen molar-refractivity contribution in [3.8, 4) is 0 Å². The van der Waals surface area contributed by atoms with Crippen molar-refractivity contribution in [2.75, 3.05) is 19.6 Å². The van der Waals surface area contributed by atoms with Crippen molar-refractivity contribution in [2.45, 2.75) is 59.0 Å². The van der Waals surface area contributed by atoms with E-state index >= 15 is 0 Å². The molecule has 0 aromatic heterocycles. The number of carbonyl (C=O) groups is 2. The number of nitrogens with zero attached hydrogens (tertiary/aromatic N) is 2. The van der Waals surface area contributed by atoms with E-state index in [0.717, 1.165) is 25.8 Å². The van der Waals surface area contributed by atoms with Crippen LogP contribution in [0, 0.1) is 5.92 Å². The molecule has 2 atom stereocenters. The quantitative estimate of drug-likeness (QED) is 0.825. The Labute approximate surface area is 122 Å². The highest BCUT2D eigenvalue weighted by atomic mass is 16.2. The summed E-state index contributed by atoms with van der Waals surface area (Å²) in [5.74, 6) is 0.239. The van der Waals surface area contributed by atoms with E-state index in [1.54, 1.807) is 11.8 Å². The number of likely N-dealkylation sites (N-methyl/N-ethyl adjacent to an activating group) is 1. The minimum absolute atomic E-state index is 0.0318. The van der Waals surface area contributed by atoms with Gasteiger partial charge in [-0.1, -0.05) is 13.8 Å². The number of hydrogen-bond donors (Lipinski definition) is 1. The van der Waals surface area contributed by atoms with Crippen LogP contribution in [0.2, 0.25) is 0 Å². The van der Waals surface area contributed by atoms with Gasteiger partial charge >= 0.3 is 0 Å². The molecule has 2 amide bonds. The molecule has 20 heavy (non-hydrogen) atoms. The van der Waals surface area contributed by atoms with E-state index in [4.69, 9.17) is 5.73 Å². The van der Waals surface area contributed by atoms with Gasteiger partial charge in [-0.25, -0.2) is 0 Å². The van der Waals surface area contributed by atoms with Crippen molar-refractivity contribution in [1.29, 1.82) is 0 Å². The van der Waals surface area contributed by atoms with Crippen LogP contribution in [0.5, 0.6) is 0 Å². The molecule has 1 fully saturated rings. The van der Waals surface area contributed by atoms with Crippen molar-refractivity contribution in [2.24, 2.45) is 11.7 Å².